The molecule has 0 saturated carbocycles. The summed E-state index contributed by atoms with van der Waals surface area (Å²) in [7, 11) is 1.61. The van der Waals surface area contributed by atoms with Gasteiger partial charge in [0.15, 0.2) is 23.4 Å². The van der Waals surface area contributed by atoms with Crippen LogP contribution in [0, 0.1) is 0 Å². The molecule has 0 aliphatic carbocycles. The number of ether oxygens (including phenoxy) is 3. The van der Waals surface area contributed by atoms with Gasteiger partial charge in [-0.15, -0.1) is 10.2 Å². The van der Waals surface area contributed by atoms with Gasteiger partial charge in [-0.25, -0.2) is 0 Å². The second kappa shape index (κ2) is 8.46. The molecule has 2 heterocycles. The molecule has 7 nitrogen and oxygen atoms in total. The highest BCUT2D eigenvalue weighted by molar-refractivity contribution is 9.10. The zero-order valence-electron chi connectivity index (χ0n) is 16.1. The van der Waals surface area contributed by atoms with Crippen molar-refractivity contribution in [3.05, 3.63) is 46.4 Å². The number of thioether (sulfide) groups is 1. The Labute approximate surface area is 181 Å². The molecular weight excluding hydrogens is 456 g/mol. The van der Waals surface area contributed by atoms with Crippen LogP contribution in [-0.2, 0) is 0 Å². The molecule has 150 valence electrons. The van der Waals surface area contributed by atoms with Crippen molar-refractivity contribution in [3.63, 3.8) is 0 Å². The van der Waals surface area contributed by atoms with Crippen LogP contribution in [0.25, 0.3) is 11.3 Å². The lowest BCUT2D eigenvalue weighted by Crippen LogP contribution is -2.17. The smallest absolute Gasteiger partial charge is 0.247 e. The molecule has 1 aromatic heterocycles. The normalized spacial score (nSPS) is 14.7. The summed E-state index contributed by atoms with van der Waals surface area (Å²) in [6.07, 6.45) is 1.39. The second-order valence-electron chi connectivity index (χ2n) is 6.11. The number of halogens is 1. The van der Waals surface area contributed by atoms with Crippen LogP contribution in [0.2, 0.25) is 0 Å². The largest absolute Gasteiger partial charge is 0.492 e. The van der Waals surface area contributed by atoms with E-state index in [1.54, 1.807) is 7.11 Å². The topological polar surface area (TPSA) is 78.4 Å². The highest BCUT2D eigenvalue weighted by Crippen LogP contribution is 2.42. The van der Waals surface area contributed by atoms with E-state index in [1.807, 2.05) is 49.6 Å². The van der Waals surface area contributed by atoms with Gasteiger partial charge >= 0.3 is 0 Å². The van der Waals surface area contributed by atoms with Crippen molar-refractivity contribution in [2.75, 3.05) is 25.3 Å². The maximum atomic E-state index is 6.27. The number of rotatable bonds is 5. The first kappa shape index (κ1) is 19.8. The minimum Gasteiger partial charge on any atom is -0.492 e. The Morgan fingerprint density at radius 1 is 1.24 bits per heavy atom. The lowest BCUT2D eigenvalue weighted by molar-refractivity contribution is 0.224. The van der Waals surface area contributed by atoms with Gasteiger partial charge < -0.3 is 19.5 Å². The molecule has 0 unspecified atom stereocenters. The van der Waals surface area contributed by atoms with E-state index in [9.17, 15) is 0 Å². The van der Waals surface area contributed by atoms with Crippen molar-refractivity contribution >= 4 is 33.4 Å². The highest BCUT2D eigenvalue weighted by Gasteiger charge is 2.27. The van der Waals surface area contributed by atoms with Gasteiger partial charge in [0.05, 0.1) is 18.2 Å². The van der Waals surface area contributed by atoms with Crippen LogP contribution in [0.4, 0.5) is 5.69 Å². The fourth-order valence-corrected chi connectivity index (χ4v) is 4.00. The molecule has 0 amide bonds. The van der Waals surface area contributed by atoms with Crippen molar-refractivity contribution in [2.24, 2.45) is 0 Å². The number of methoxy groups -OCH3 is 1. The molecule has 0 bridgehead atoms. The summed E-state index contributed by atoms with van der Waals surface area (Å²) < 4.78 is 18.3. The van der Waals surface area contributed by atoms with Gasteiger partial charge in [0.1, 0.15) is 0 Å². The van der Waals surface area contributed by atoms with Crippen LogP contribution in [0.3, 0.4) is 0 Å². The van der Waals surface area contributed by atoms with E-state index < -0.39 is 6.23 Å². The van der Waals surface area contributed by atoms with Crippen molar-refractivity contribution in [2.45, 2.75) is 18.3 Å². The Hall–Kier alpha value is -2.52. The first-order chi connectivity index (χ1) is 14.1. The molecule has 0 spiro atoms. The number of anilines is 1. The Balaban J connectivity index is 1.84. The third-order valence-electron chi connectivity index (χ3n) is 4.35. The summed E-state index contributed by atoms with van der Waals surface area (Å²) in [5.74, 6) is 1.70. The quantitative estimate of drug-likeness (QED) is 0.521. The molecule has 1 N–H and O–H groups in total. The summed E-state index contributed by atoms with van der Waals surface area (Å²) in [6, 6.07) is 11.7. The average molecular weight is 475 g/mol. The maximum absolute atomic E-state index is 6.27. The summed E-state index contributed by atoms with van der Waals surface area (Å²) >= 11 is 4.98. The minimum absolute atomic E-state index is 0.428. The van der Waals surface area contributed by atoms with E-state index in [0.717, 1.165) is 21.3 Å². The predicted octanol–water partition coefficient (Wildman–Crippen LogP) is 4.93. The highest BCUT2D eigenvalue weighted by atomic mass is 79.9. The Kier molecular flexibility index (Phi) is 5.77. The van der Waals surface area contributed by atoms with E-state index >= 15 is 0 Å². The van der Waals surface area contributed by atoms with E-state index in [2.05, 4.69) is 36.4 Å². The second-order valence-corrected chi connectivity index (χ2v) is 7.73. The molecule has 9 heteroatoms. The van der Waals surface area contributed by atoms with E-state index in [4.69, 9.17) is 14.2 Å². The molecule has 1 aliphatic rings. The van der Waals surface area contributed by atoms with Crippen molar-refractivity contribution in [3.8, 4) is 28.6 Å². The number of para-hydroxylation sites is 1. The Bertz CT molecular complexity index is 1050. The number of hydrogen-bond acceptors (Lipinski definition) is 8. The lowest BCUT2D eigenvalue weighted by Gasteiger charge is -2.21. The van der Waals surface area contributed by atoms with Gasteiger partial charge in [-0.3, -0.25) is 0 Å². The van der Waals surface area contributed by atoms with Crippen LogP contribution in [0.5, 0.6) is 17.4 Å². The van der Waals surface area contributed by atoms with E-state index in [1.165, 1.54) is 11.8 Å². The van der Waals surface area contributed by atoms with Crippen LogP contribution in [0.1, 0.15) is 18.7 Å². The minimum atomic E-state index is -0.509. The SMILES string of the molecule is CCOc1cc([C@@H]2Nc3ccccc3-c3nnc(SC)nc3O2)cc(Br)c1OC. The summed E-state index contributed by atoms with van der Waals surface area (Å²) in [4.78, 5) is 4.54. The number of benzene rings is 2. The zero-order chi connectivity index (χ0) is 20.4. The maximum Gasteiger partial charge on any atom is 0.247 e. The molecule has 29 heavy (non-hydrogen) atoms. The monoisotopic (exact) mass is 474 g/mol. The molecule has 0 fully saturated rings. The Morgan fingerprint density at radius 2 is 2.07 bits per heavy atom. The Morgan fingerprint density at radius 3 is 2.83 bits per heavy atom. The number of nitrogens with zero attached hydrogens (tertiary/aromatic N) is 3. The van der Waals surface area contributed by atoms with Crippen molar-refractivity contribution in [1.82, 2.24) is 15.2 Å². The van der Waals surface area contributed by atoms with Crippen LogP contribution < -0.4 is 19.5 Å². The molecule has 2 aromatic carbocycles. The van der Waals surface area contributed by atoms with Crippen molar-refractivity contribution in [1.29, 1.82) is 0 Å². The molecule has 1 atom stereocenters. The number of nitrogens with one attached hydrogen (secondary N) is 1. The number of aromatic nitrogens is 3. The fourth-order valence-electron chi connectivity index (χ4n) is 3.08. The predicted molar refractivity (Wildman–Crippen MR) is 116 cm³/mol. The summed E-state index contributed by atoms with van der Waals surface area (Å²) in [5.41, 5.74) is 3.23. The fraction of sp³-hybridized carbons (Fsp3) is 0.250. The van der Waals surface area contributed by atoms with Crippen LogP contribution >= 0.6 is 27.7 Å². The van der Waals surface area contributed by atoms with Gasteiger partial charge in [-0.1, -0.05) is 30.0 Å². The average Bonchev–Trinajstić information content (AvgIpc) is 2.90. The van der Waals surface area contributed by atoms with Crippen molar-refractivity contribution < 1.29 is 14.2 Å². The third kappa shape index (κ3) is 3.84. The first-order valence-electron chi connectivity index (χ1n) is 8.96. The molecule has 0 radical (unpaired) electrons. The number of hydrogen-bond donors (Lipinski definition) is 1. The molecule has 4 rings (SSSR count). The van der Waals surface area contributed by atoms with Crippen LogP contribution in [-0.4, -0.2) is 35.2 Å². The molecule has 0 saturated heterocycles. The van der Waals surface area contributed by atoms with Gasteiger partial charge in [0, 0.05) is 16.8 Å². The van der Waals surface area contributed by atoms with E-state index in [0.29, 0.717) is 34.8 Å². The number of fused-ring (bicyclic) bond motifs is 3. The lowest BCUT2D eigenvalue weighted by atomic mass is 10.1. The standard InChI is InChI=1S/C20H19BrN4O3S/c1-4-27-15-10-11(9-13(21)17(15)26-2)18-22-14-8-6-5-7-12(14)16-19(28-18)23-20(29-3)25-24-16/h5-10,18,22H,4H2,1-3H3/t18-/m1/s1. The van der Waals surface area contributed by atoms with Gasteiger partial charge in [0.2, 0.25) is 11.0 Å². The van der Waals surface area contributed by atoms with Gasteiger partial charge in [-0.2, -0.15) is 4.98 Å². The van der Waals surface area contributed by atoms with E-state index in [-0.39, 0.29) is 0 Å². The van der Waals surface area contributed by atoms with Crippen LogP contribution in [0.15, 0.2) is 46.0 Å². The molecule has 1 aliphatic heterocycles. The van der Waals surface area contributed by atoms with Gasteiger partial charge in [-0.05, 0) is 47.3 Å². The first-order valence-corrected chi connectivity index (χ1v) is 11.0. The molecule has 3 aromatic rings. The molecular formula is C20H19BrN4O3S. The van der Waals surface area contributed by atoms with Gasteiger partial charge in [0.25, 0.3) is 0 Å². The third-order valence-corrected chi connectivity index (χ3v) is 5.48. The zero-order valence-corrected chi connectivity index (χ0v) is 18.5. The summed E-state index contributed by atoms with van der Waals surface area (Å²) in [6.45, 7) is 2.45. The summed E-state index contributed by atoms with van der Waals surface area (Å²) in [5, 5.41) is 12.5.